The molecule has 0 radical (unpaired) electrons. The molecular formula is C13H20N2O. The molecule has 0 aliphatic heterocycles. The molecule has 0 saturated heterocycles. The van der Waals surface area contributed by atoms with Crippen molar-refractivity contribution in [2.45, 2.75) is 34.6 Å². The molecule has 0 saturated carbocycles. The maximum absolute atomic E-state index is 5.78. The summed E-state index contributed by atoms with van der Waals surface area (Å²) < 4.78 is 5.33. The standard InChI is InChI=1S/C13H20N2O/c1-6-8-9-11(16-15-12(9)14)10(7-2)13(3,4)5/h6-8H,1-5H3,(H2,14,15)/b8-6-,10-7+. The van der Waals surface area contributed by atoms with Gasteiger partial charge in [-0.05, 0) is 24.8 Å². The van der Waals surface area contributed by atoms with Gasteiger partial charge >= 0.3 is 0 Å². The lowest BCUT2D eigenvalue weighted by Crippen LogP contribution is -2.08. The van der Waals surface area contributed by atoms with E-state index in [1.807, 2.05) is 32.1 Å². The van der Waals surface area contributed by atoms with Gasteiger partial charge in [0.2, 0.25) is 0 Å². The SMILES string of the molecule is C/C=C\c1c(N)noc1/C(=C\C)C(C)(C)C. The molecule has 1 aromatic heterocycles. The summed E-state index contributed by atoms with van der Waals surface area (Å²) in [4.78, 5) is 0. The number of rotatable bonds is 2. The Morgan fingerprint density at radius 3 is 2.38 bits per heavy atom. The third kappa shape index (κ3) is 2.35. The van der Waals surface area contributed by atoms with Gasteiger partial charge in [0, 0.05) is 0 Å². The van der Waals surface area contributed by atoms with Gasteiger partial charge < -0.3 is 10.3 Å². The minimum atomic E-state index is 0.0110. The van der Waals surface area contributed by atoms with Crippen LogP contribution < -0.4 is 5.73 Å². The van der Waals surface area contributed by atoms with Crippen molar-refractivity contribution >= 4 is 17.5 Å². The topological polar surface area (TPSA) is 52.0 Å². The number of nitrogens with two attached hydrogens (primary N) is 1. The van der Waals surface area contributed by atoms with Gasteiger partial charge in [0.25, 0.3) is 0 Å². The van der Waals surface area contributed by atoms with Crippen LogP contribution in [0.5, 0.6) is 0 Å². The van der Waals surface area contributed by atoms with Crippen LogP contribution in [0.1, 0.15) is 45.9 Å². The van der Waals surface area contributed by atoms with Crippen molar-refractivity contribution in [1.82, 2.24) is 5.16 Å². The monoisotopic (exact) mass is 220 g/mol. The van der Waals surface area contributed by atoms with Gasteiger partial charge in [-0.25, -0.2) is 0 Å². The van der Waals surface area contributed by atoms with Crippen molar-refractivity contribution in [1.29, 1.82) is 0 Å². The van der Waals surface area contributed by atoms with Gasteiger partial charge in [0.1, 0.15) is 0 Å². The van der Waals surface area contributed by atoms with E-state index in [0.717, 1.165) is 16.9 Å². The second-order valence-corrected chi connectivity index (χ2v) is 4.76. The molecule has 1 heterocycles. The number of nitrogen functional groups attached to an aromatic ring is 1. The van der Waals surface area contributed by atoms with E-state index in [1.54, 1.807) is 0 Å². The average molecular weight is 220 g/mol. The number of hydrogen-bond acceptors (Lipinski definition) is 3. The molecule has 3 heteroatoms. The maximum Gasteiger partial charge on any atom is 0.174 e. The summed E-state index contributed by atoms with van der Waals surface area (Å²) in [6.07, 6.45) is 5.91. The zero-order valence-corrected chi connectivity index (χ0v) is 10.7. The van der Waals surface area contributed by atoms with Crippen LogP contribution in [0, 0.1) is 5.41 Å². The zero-order valence-electron chi connectivity index (χ0n) is 10.7. The zero-order chi connectivity index (χ0) is 12.3. The van der Waals surface area contributed by atoms with E-state index in [2.05, 4.69) is 25.9 Å². The van der Waals surface area contributed by atoms with Crippen molar-refractivity contribution in [2.75, 3.05) is 5.73 Å². The van der Waals surface area contributed by atoms with E-state index < -0.39 is 0 Å². The fourth-order valence-corrected chi connectivity index (χ4v) is 1.74. The molecule has 1 rings (SSSR count). The summed E-state index contributed by atoms with van der Waals surface area (Å²) in [7, 11) is 0. The number of anilines is 1. The Labute approximate surface area is 97.0 Å². The Hall–Kier alpha value is -1.51. The van der Waals surface area contributed by atoms with Gasteiger partial charge in [0.05, 0.1) is 5.56 Å². The van der Waals surface area contributed by atoms with Crippen LogP contribution in [0.4, 0.5) is 5.82 Å². The first-order chi connectivity index (χ1) is 7.41. The second-order valence-electron chi connectivity index (χ2n) is 4.76. The highest BCUT2D eigenvalue weighted by molar-refractivity contribution is 5.77. The van der Waals surface area contributed by atoms with Crippen molar-refractivity contribution in [3.8, 4) is 0 Å². The Morgan fingerprint density at radius 1 is 1.31 bits per heavy atom. The van der Waals surface area contributed by atoms with E-state index in [9.17, 15) is 0 Å². The Kier molecular flexibility index (Phi) is 3.58. The summed E-state index contributed by atoms with van der Waals surface area (Å²) in [5.41, 5.74) is 7.77. The maximum atomic E-state index is 5.78. The van der Waals surface area contributed by atoms with Gasteiger partial charge in [0.15, 0.2) is 11.6 Å². The predicted octanol–water partition coefficient (Wildman–Crippen LogP) is 3.74. The molecule has 0 unspecified atom stereocenters. The molecule has 0 aromatic carbocycles. The minimum Gasteiger partial charge on any atom is -0.380 e. The normalized spacial score (nSPS) is 13.7. The second kappa shape index (κ2) is 4.56. The minimum absolute atomic E-state index is 0.0110. The summed E-state index contributed by atoms with van der Waals surface area (Å²) in [5.74, 6) is 1.21. The number of nitrogens with zero attached hydrogens (tertiary/aromatic N) is 1. The molecule has 0 atom stereocenters. The highest BCUT2D eigenvalue weighted by Crippen LogP contribution is 2.37. The third-order valence-electron chi connectivity index (χ3n) is 2.43. The molecule has 0 spiro atoms. The van der Waals surface area contributed by atoms with Crippen LogP contribution in [-0.4, -0.2) is 5.16 Å². The molecule has 3 nitrogen and oxygen atoms in total. The lowest BCUT2D eigenvalue weighted by atomic mass is 9.83. The van der Waals surface area contributed by atoms with Crippen molar-refractivity contribution in [3.05, 3.63) is 23.5 Å². The van der Waals surface area contributed by atoms with Crippen LogP contribution in [0.25, 0.3) is 11.6 Å². The van der Waals surface area contributed by atoms with Crippen molar-refractivity contribution in [3.63, 3.8) is 0 Å². The smallest absolute Gasteiger partial charge is 0.174 e. The van der Waals surface area contributed by atoms with Gasteiger partial charge in [-0.1, -0.05) is 44.2 Å². The molecular weight excluding hydrogens is 200 g/mol. The predicted molar refractivity (Wildman–Crippen MR) is 68.7 cm³/mol. The van der Waals surface area contributed by atoms with E-state index in [-0.39, 0.29) is 5.41 Å². The summed E-state index contributed by atoms with van der Waals surface area (Å²) in [6, 6.07) is 0. The van der Waals surface area contributed by atoms with Crippen LogP contribution in [-0.2, 0) is 0 Å². The highest BCUT2D eigenvalue weighted by Gasteiger charge is 2.24. The largest absolute Gasteiger partial charge is 0.380 e. The highest BCUT2D eigenvalue weighted by atomic mass is 16.5. The van der Waals surface area contributed by atoms with Crippen molar-refractivity contribution < 1.29 is 4.52 Å². The van der Waals surface area contributed by atoms with Crippen molar-refractivity contribution in [2.24, 2.45) is 5.41 Å². The third-order valence-corrected chi connectivity index (χ3v) is 2.43. The lowest BCUT2D eigenvalue weighted by Gasteiger charge is -2.21. The molecule has 0 aliphatic carbocycles. The summed E-state index contributed by atoms with van der Waals surface area (Å²) in [6.45, 7) is 10.4. The molecule has 0 aliphatic rings. The summed E-state index contributed by atoms with van der Waals surface area (Å²) >= 11 is 0. The quantitative estimate of drug-likeness (QED) is 0.826. The fourth-order valence-electron chi connectivity index (χ4n) is 1.74. The number of allylic oxidation sites excluding steroid dienone is 3. The van der Waals surface area contributed by atoms with E-state index >= 15 is 0 Å². The van der Waals surface area contributed by atoms with Gasteiger partial charge in [-0.15, -0.1) is 0 Å². The first-order valence-corrected chi connectivity index (χ1v) is 5.46. The van der Waals surface area contributed by atoms with E-state index in [0.29, 0.717) is 5.82 Å². The van der Waals surface area contributed by atoms with Crippen LogP contribution in [0.15, 0.2) is 16.7 Å². The molecule has 16 heavy (non-hydrogen) atoms. The Bertz CT molecular complexity index is 420. The number of hydrogen-bond donors (Lipinski definition) is 1. The van der Waals surface area contributed by atoms with Gasteiger partial charge in [-0.2, -0.15) is 0 Å². The molecule has 0 amide bonds. The molecule has 1 aromatic rings. The average Bonchev–Trinajstić information content (AvgIpc) is 2.49. The molecule has 2 N–H and O–H groups in total. The molecule has 0 fully saturated rings. The molecule has 0 bridgehead atoms. The first-order valence-electron chi connectivity index (χ1n) is 5.46. The van der Waals surface area contributed by atoms with Crippen LogP contribution in [0.3, 0.4) is 0 Å². The van der Waals surface area contributed by atoms with Gasteiger partial charge in [-0.3, -0.25) is 0 Å². The molecule has 88 valence electrons. The van der Waals surface area contributed by atoms with E-state index in [4.69, 9.17) is 10.3 Å². The first kappa shape index (κ1) is 12.6. The Balaban J connectivity index is 3.33. The fraction of sp³-hybridized carbons (Fsp3) is 0.462. The summed E-state index contributed by atoms with van der Waals surface area (Å²) in [5, 5.41) is 3.83. The number of aromatic nitrogens is 1. The van der Waals surface area contributed by atoms with Crippen LogP contribution in [0.2, 0.25) is 0 Å². The van der Waals surface area contributed by atoms with E-state index in [1.165, 1.54) is 0 Å². The van der Waals surface area contributed by atoms with Crippen LogP contribution >= 0.6 is 0 Å². The Morgan fingerprint density at radius 2 is 1.94 bits per heavy atom. The lowest BCUT2D eigenvalue weighted by molar-refractivity contribution is 0.400.